The highest BCUT2D eigenvalue weighted by molar-refractivity contribution is 6.31. The lowest BCUT2D eigenvalue weighted by atomic mass is 10.1. The number of nitro groups is 1. The normalized spacial score (nSPS) is 11.0. The highest BCUT2D eigenvalue weighted by Gasteiger charge is 2.17. The molecule has 0 heterocycles. The zero-order valence-corrected chi connectivity index (χ0v) is 12.0. The molecular formula is C15H13ClN2O3. The molecule has 0 saturated carbocycles. The van der Waals surface area contributed by atoms with E-state index in [0.29, 0.717) is 5.69 Å². The predicted molar refractivity (Wildman–Crippen MR) is 82.8 cm³/mol. The van der Waals surface area contributed by atoms with Crippen molar-refractivity contribution in [3.05, 3.63) is 62.7 Å². The van der Waals surface area contributed by atoms with Crippen molar-refractivity contribution < 1.29 is 10.0 Å². The first-order valence-corrected chi connectivity index (χ1v) is 6.69. The number of halogens is 1. The molecule has 2 aromatic rings. The molecule has 0 fully saturated rings. The average molecular weight is 305 g/mol. The first-order chi connectivity index (χ1) is 10.0. The topological polar surface area (TPSA) is 75.7 Å². The number of phenols is 1. The van der Waals surface area contributed by atoms with E-state index < -0.39 is 16.4 Å². The maximum Gasteiger partial charge on any atom is 0.312 e. The quantitative estimate of drug-likeness (QED) is 0.520. The molecule has 0 unspecified atom stereocenters. The summed E-state index contributed by atoms with van der Waals surface area (Å²) in [7, 11) is 0. The van der Waals surface area contributed by atoms with Crippen molar-refractivity contribution in [1.29, 1.82) is 0 Å². The summed E-state index contributed by atoms with van der Waals surface area (Å²) in [4.78, 5) is 14.4. The lowest BCUT2D eigenvalue weighted by molar-refractivity contribution is -0.385. The Labute approximate surface area is 126 Å². The summed E-state index contributed by atoms with van der Waals surface area (Å²) in [6, 6.07) is 10.1. The van der Waals surface area contributed by atoms with Gasteiger partial charge in [-0.2, -0.15) is 0 Å². The van der Waals surface area contributed by atoms with E-state index in [1.807, 2.05) is 31.2 Å². The van der Waals surface area contributed by atoms with Crippen LogP contribution in [0.5, 0.6) is 5.75 Å². The van der Waals surface area contributed by atoms with Gasteiger partial charge < -0.3 is 5.11 Å². The summed E-state index contributed by atoms with van der Waals surface area (Å²) in [6.07, 6.45) is 2.25. The Morgan fingerprint density at radius 3 is 2.81 bits per heavy atom. The van der Waals surface area contributed by atoms with Gasteiger partial charge in [0, 0.05) is 22.9 Å². The van der Waals surface area contributed by atoms with Crippen LogP contribution in [0.25, 0.3) is 0 Å². The molecule has 0 aromatic heterocycles. The molecule has 2 aromatic carbocycles. The summed E-state index contributed by atoms with van der Waals surface area (Å²) >= 11 is 5.82. The third kappa shape index (κ3) is 3.58. The molecule has 1 N–H and O–H groups in total. The number of aryl methyl sites for hydroxylation is 1. The fourth-order valence-corrected chi connectivity index (χ4v) is 2.06. The van der Waals surface area contributed by atoms with E-state index in [-0.39, 0.29) is 10.6 Å². The van der Waals surface area contributed by atoms with Crippen molar-refractivity contribution in [2.24, 2.45) is 4.99 Å². The fraction of sp³-hybridized carbons (Fsp3) is 0.133. The van der Waals surface area contributed by atoms with Gasteiger partial charge in [0.2, 0.25) is 5.75 Å². The van der Waals surface area contributed by atoms with Gasteiger partial charge in [0.15, 0.2) is 0 Å². The number of hydrogen-bond donors (Lipinski definition) is 1. The van der Waals surface area contributed by atoms with Crippen LogP contribution in [0.15, 0.2) is 41.4 Å². The molecule has 21 heavy (non-hydrogen) atoms. The van der Waals surface area contributed by atoms with Crippen molar-refractivity contribution in [3.8, 4) is 5.75 Å². The standard InChI is InChI=1S/C15H13ClN2O3/c1-2-10-4-3-5-13(6-10)17-9-11-7-12(16)8-14(15(11)19)18(20)21/h3-9,19H,2H2,1H3. The van der Waals surface area contributed by atoms with Crippen molar-refractivity contribution in [3.63, 3.8) is 0 Å². The number of benzene rings is 2. The maximum atomic E-state index is 10.8. The summed E-state index contributed by atoms with van der Waals surface area (Å²) in [5, 5.41) is 20.9. The zero-order chi connectivity index (χ0) is 15.4. The summed E-state index contributed by atoms with van der Waals surface area (Å²) in [5.74, 6) is -0.445. The number of nitrogens with zero attached hydrogens (tertiary/aromatic N) is 2. The van der Waals surface area contributed by atoms with Gasteiger partial charge >= 0.3 is 5.69 Å². The summed E-state index contributed by atoms with van der Waals surface area (Å²) < 4.78 is 0. The van der Waals surface area contributed by atoms with Gasteiger partial charge in [-0.15, -0.1) is 0 Å². The van der Waals surface area contributed by atoms with Crippen molar-refractivity contribution in [2.45, 2.75) is 13.3 Å². The lowest BCUT2D eigenvalue weighted by Crippen LogP contribution is -1.92. The van der Waals surface area contributed by atoms with E-state index in [4.69, 9.17) is 11.6 Å². The molecule has 0 aliphatic rings. The molecular weight excluding hydrogens is 292 g/mol. The second-order valence-corrected chi connectivity index (χ2v) is 4.84. The van der Waals surface area contributed by atoms with Crippen LogP contribution in [0.4, 0.5) is 11.4 Å². The molecule has 6 heteroatoms. The summed E-state index contributed by atoms with van der Waals surface area (Å²) in [6.45, 7) is 2.04. The highest BCUT2D eigenvalue weighted by atomic mass is 35.5. The van der Waals surface area contributed by atoms with E-state index in [1.54, 1.807) is 0 Å². The second-order valence-electron chi connectivity index (χ2n) is 4.40. The van der Waals surface area contributed by atoms with Gasteiger partial charge in [0.1, 0.15) is 0 Å². The zero-order valence-electron chi connectivity index (χ0n) is 11.3. The molecule has 0 aliphatic heterocycles. The van der Waals surface area contributed by atoms with Crippen molar-refractivity contribution >= 4 is 29.2 Å². The van der Waals surface area contributed by atoms with Crippen molar-refractivity contribution in [1.82, 2.24) is 0 Å². The molecule has 0 spiro atoms. The number of phenolic OH excluding ortho intramolecular Hbond substituents is 1. The van der Waals surface area contributed by atoms with Crippen LogP contribution in [0.1, 0.15) is 18.1 Å². The average Bonchev–Trinajstić information content (AvgIpc) is 2.47. The molecule has 2 rings (SSSR count). The van der Waals surface area contributed by atoms with E-state index in [0.717, 1.165) is 18.1 Å². The van der Waals surface area contributed by atoms with Crippen LogP contribution < -0.4 is 0 Å². The maximum absolute atomic E-state index is 10.8. The predicted octanol–water partition coefficient (Wildman–Crippen LogP) is 4.27. The smallest absolute Gasteiger partial charge is 0.312 e. The number of aromatic hydroxyl groups is 1. The Bertz CT molecular complexity index is 714. The van der Waals surface area contributed by atoms with Gasteiger partial charge in [-0.1, -0.05) is 30.7 Å². The van der Waals surface area contributed by atoms with Crippen molar-refractivity contribution in [2.75, 3.05) is 0 Å². The van der Waals surface area contributed by atoms with Crippen LogP contribution in [-0.2, 0) is 6.42 Å². The molecule has 0 atom stereocenters. The first kappa shape index (κ1) is 15.0. The van der Waals surface area contributed by atoms with Gasteiger partial charge in [-0.05, 0) is 30.2 Å². The first-order valence-electron chi connectivity index (χ1n) is 6.31. The molecule has 0 bridgehead atoms. The van der Waals surface area contributed by atoms with Crippen LogP contribution >= 0.6 is 11.6 Å². The number of rotatable bonds is 4. The Hall–Kier alpha value is -2.40. The fourth-order valence-electron chi connectivity index (χ4n) is 1.84. The van der Waals surface area contributed by atoms with Gasteiger partial charge in [-0.3, -0.25) is 15.1 Å². The monoisotopic (exact) mass is 304 g/mol. The Morgan fingerprint density at radius 1 is 1.38 bits per heavy atom. The Balaban J connectivity index is 2.38. The number of nitro benzene ring substituents is 1. The molecule has 108 valence electrons. The van der Waals surface area contributed by atoms with Crippen LogP contribution in [0.2, 0.25) is 5.02 Å². The largest absolute Gasteiger partial charge is 0.502 e. The Morgan fingerprint density at radius 2 is 2.14 bits per heavy atom. The van der Waals surface area contributed by atoms with E-state index in [9.17, 15) is 15.2 Å². The minimum atomic E-state index is -0.684. The second kappa shape index (κ2) is 6.37. The van der Waals surface area contributed by atoms with Crippen LogP contribution in [-0.4, -0.2) is 16.2 Å². The van der Waals surface area contributed by atoms with E-state index in [1.165, 1.54) is 12.3 Å². The molecule has 0 amide bonds. The Kier molecular flexibility index (Phi) is 4.55. The van der Waals surface area contributed by atoms with E-state index in [2.05, 4.69) is 4.99 Å². The van der Waals surface area contributed by atoms with E-state index >= 15 is 0 Å². The minimum absolute atomic E-state index is 0.170. The molecule has 0 aliphatic carbocycles. The molecule has 0 saturated heterocycles. The third-order valence-corrected chi connectivity index (χ3v) is 3.17. The summed E-state index contributed by atoms with van der Waals surface area (Å²) in [5.41, 5.74) is 1.60. The number of hydrogen-bond acceptors (Lipinski definition) is 4. The highest BCUT2D eigenvalue weighted by Crippen LogP contribution is 2.32. The SMILES string of the molecule is CCc1cccc(N=Cc2cc(Cl)cc([N+](=O)[O-])c2O)c1. The lowest BCUT2D eigenvalue weighted by Gasteiger charge is -2.02. The van der Waals surface area contributed by atoms with Gasteiger partial charge in [-0.25, -0.2) is 0 Å². The number of aliphatic imine (C=N–C) groups is 1. The van der Waals surface area contributed by atoms with Gasteiger partial charge in [0.25, 0.3) is 0 Å². The van der Waals surface area contributed by atoms with Gasteiger partial charge in [0.05, 0.1) is 10.6 Å². The van der Waals surface area contributed by atoms with Crippen LogP contribution in [0.3, 0.4) is 0 Å². The van der Waals surface area contributed by atoms with Crippen LogP contribution in [0, 0.1) is 10.1 Å². The molecule has 0 radical (unpaired) electrons. The third-order valence-electron chi connectivity index (χ3n) is 2.95. The minimum Gasteiger partial charge on any atom is -0.502 e. The molecule has 5 nitrogen and oxygen atoms in total.